The predicted octanol–water partition coefficient (Wildman–Crippen LogP) is 4.21. The van der Waals surface area contributed by atoms with Crippen molar-refractivity contribution in [1.29, 1.82) is 4.78 Å². The molecule has 0 radical (unpaired) electrons. The number of halogens is 2. The zero-order valence-corrected chi connectivity index (χ0v) is 18.3. The molecule has 0 saturated carbocycles. The second kappa shape index (κ2) is 9.07. The fraction of sp³-hybridized carbons (Fsp3) is 0.273. The lowest BCUT2D eigenvalue weighted by molar-refractivity contribution is 0.116. The molecule has 168 valence electrons. The van der Waals surface area contributed by atoms with Crippen LogP contribution in [0.2, 0.25) is 0 Å². The smallest absolute Gasteiger partial charge is 0.314 e. The lowest BCUT2D eigenvalue weighted by Crippen LogP contribution is -2.43. The highest BCUT2D eigenvalue weighted by atomic mass is 32.2. The van der Waals surface area contributed by atoms with E-state index in [1.165, 1.54) is 6.20 Å². The van der Waals surface area contributed by atoms with Gasteiger partial charge in [0.25, 0.3) is 5.89 Å². The Labute approximate surface area is 185 Å². The van der Waals surface area contributed by atoms with Crippen LogP contribution in [0.1, 0.15) is 18.0 Å². The van der Waals surface area contributed by atoms with Gasteiger partial charge in [0.1, 0.15) is 5.82 Å². The first-order chi connectivity index (χ1) is 15.3. The van der Waals surface area contributed by atoms with E-state index in [2.05, 4.69) is 37.4 Å². The summed E-state index contributed by atoms with van der Waals surface area (Å²) in [5.74, 6) is 5.70. The number of rotatable bonds is 7. The molecule has 1 fully saturated rings. The Bertz CT molecular complexity index is 1160. The van der Waals surface area contributed by atoms with Gasteiger partial charge < -0.3 is 14.2 Å². The molecular formula is C22H24F2N6OS. The number of para-hydroxylation sites is 1. The van der Waals surface area contributed by atoms with E-state index in [0.29, 0.717) is 12.1 Å². The molecule has 10 heteroatoms. The minimum Gasteiger partial charge on any atom is -0.415 e. The van der Waals surface area contributed by atoms with Crippen LogP contribution in [0, 0.1) is 4.78 Å². The maximum atomic E-state index is 12.7. The Balaban J connectivity index is 1.54. The van der Waals surface area contributed by atoms with Gasteiger partial charge in [-0.3, -0.25) is 9.76 Å². The van der Waals surface area contributed by atoms with Crippen molar-refractivity contribution < 1.29 is 13.2 Å². The number of anilines is 1. The number of pyridine rings is 1. The van der Waals surface area contributed by atoms with Gasteiger partial charge >= 0.3 is 6.43 Å². The minimum atomic E-state index is -2.81. The molecular weight excluding hydrogens is 434 g/mol. The number of hydrogen-bond acceptors (Lipinski definition) is 7. The molecule has 0 amide bonds. The molecule has 32 heavy (non-hydrogen) atoms. The monoisotopic (exact) mass is 458 g/mol. The van der Waals surface area contributed by atoms with E-state index in [1.807, 2.05) is 30.3 Å². The zero-order valence-electron chi connectivity index (χ0n) is 17.5. The molecule has 1 aliphatic heterocycles. The number of nitrogens with zero attached hydrogens (tertiary/aromatic N) is 5. The lowest BCUT2D eigenvalue weighted by Gasteiger charge is -2.39. The van der Waals surface area contributed by atoms with Crippen LogP contribution in [0.15, 0.2) is 65.5 Å². The maximum absolute atomic E-state index is 12.7. The molecule has 4 rings (SSSR count). The van der Waals surface area contributed by atoms with Gasteiger partial charge in [-0.05, 0) is 24.3 Å². The Morgan fingerprint density at radius 3 is 2.47 bits per heavy atom. The highest BCUT2D eigenvalue weighted by molar-refractivity contribution is 8.01. The molecule has 1 saturated heterocycles. The number of alkyl halides is 2. The van der Waals surface area contributed by atoms with Crippen LogP contribution >= 0.6 is 0 Å². The van der Waals surface area contributed by atoms with E-state index in [4.69, 9.17) is 9.20 Å². The summed E-state index contributed by atoms with van der Waals surface area (Å²) in [5.41, 5.74) is 2.22. The maximum Gasteiger partial charge on any atom is 0.314 e. The molecule has 1 N–H and O–H groups in total. The van der Waals surface area contributed by atoms with Gasteiger partial charge in [-0.2, -0.15) is 8.78 Å². The van der Waals surface area contributed by atoms with Crippen molar-refractivity contribution >= 4 is 21.0 Å². The van der Waals surface area contributed by atoms with E-state index in [1.54, 1.807) is 12.1 Å². The largest absolute Gasteiger partial charge is 0.415 e. The lowest BCUT2D eigenvalue weighted by atomic mass is 10.2. The highest BCUT2D eigenvalue weighted by Gasteiger charge is 2.22. The van der Waals surface area contributed by atoms with E-state index in [-0.39, 0.29) is 5.89 Å². The number of nitrogens with one attached hydrogen (secondary N) is 1. The van der Waals surface area contributed by atoms with Crippen molar-refractivity contribution in [3.63, 3.8) is 0 Å². The Kier molecular flexibility index (Phi) is 6.22. The standard InChI is InChI=1S/C22H24F2N6OS/c1-16(29-10-12-32(2,25)13-11-29)30(19-6-4-3-5-7-19)15-18-9-8-17(14-26-18)21-27-28-22(31-21)20(23)24/h3-9,14,20,25H,1-2,10-13,15H2. The third-order valence-corrected chi connectivity index (χ3v) is 7.20. The first-order valence-electron chi connectivity index (χ1n) is 10.0. The van der Waals surface area contributed by atoms with Crippen LogP contribution in [-0.2, 0) is 16.0 Å². The van der Waals surface area contributed by atoms with E-state index in [9.17, 15) is 8.78 Å². The van der Waals surface area contributed by atoms with Gasteiger partial charge in [0.05, 0.1) is 17.8 Å². The molecule has 3 heterocycles. The van der Waals surface area contributed by atoms with E-state index >= 15 is 0 Å². The van der Waals surface area contributed by atoms with Crippen molar-refractivity contribution in [2.75, 3.05) is 29.5 Å². The first kappa shape index (κ1) is 21.9. The number of aromatic nitrogens is 3. The van der Waals surface area contributed by atoms with Gasteiger partial charge in [-0.25, -0.2) is 0 Å². The van der Waals surface area contributed by atoms with Crippen LogP contribution in [0.3, 0.4) is 0 Å². The fourth-order valence-corrected chi connectivity index (χ4v) is 4.74. The van der Waals surface area contributed by atoms with Gasteiger partial charge in [0.2, 0.25) is 5.89 Å². The van der Waals surface area contributed by atoms with Crippen molar-refractivity contribution in [2.24, 2.45) is 0 Å². The van der Waals surface area contributed by atoms with E-state index < -0.39 is 21.7 Å². The van der Waals surface area contributed by atoms with Crippen LogP contribution in [-0.4, -0.2) is 50.5 Å². The van der Waals surface area contributed by atoms with Gasteiger partial charge in [-0.1, -0.05) is 30.6 Å². The summed E-state index contributed by atoms with van der Waals surface area (Å²) in [5, 5.41) is 7.01. The summed E-state index contributed by atoms with van der Waals surface area (Å²) in [4.78, 5) is 8.75. The Hall–Kier alpha value is -3.27. The summed E-state index contributed by atoms with van der Waals surface area (Å²) >= 11 is 0. The van der Waals surface area contributed by atoms with Crippen LogP contribution in [0.4, 0.5) is 14.5 Å². The summed E-state index contributed by atoms with van der Waals surface area (Å²) in [6, 6.07) is 13.4. The van der Waals surface area contributed by atoms with Gasteiger partial charge in [-0.15, -0.1) is 19.6 Å². The number of hydrogen-bond donors (Lipinski definition) is 1. The highest BCUT2D eigenvalue weighted by Crippen LogP contribution is 2.26. The van der Waals surface area contributed by atoms with Crippen LogP contribution in [0.5, 0.6) is 0 Å². The normalized spacial score (nSPS) is 15.7. The molecule has 2 aromatic heterocycles. The molecule has 0 atom stereocenters. The number of benzene rings is 1. The van der Waals surface area contributed by atoms with Gasteiger partial charge in [0, 0.05) is 36.5 Å². The molecule has 1 aliphatic rings. The Morgan fingerprint density at radius 2 is 1.88 bits per heavy atom. The van der Waals surface area contributed by atoms with Crippen molar-refractivity contribution in [3.05, 3.63) is 72.6 Å². The molecule has 0 unspecified atom stereocenters. The fourth-order valence-electron chi connectivity index (χ4n) is 3.40. The van der Waals surface area contributed by atoms with Crippen molar-refractivity contribution in [2.45, 2.75) is 13.0 Å². The summed E-state index contributed by atoms with van der Waals surface area (Å²) < 4.78 is 38.6. The quantitative estimate of drug-likeness (QED) is 0.534. The van der Waals surface area contributed by atoms with Crippen molar-refractivity contribution in [1.82, 2.24) is 20.1 Å². The minimum absolute atomic E-state index is 0.00606. The molecule has 0 aliphatic carbocycles. The molecule has 0 spiro atoms. The van der Waals surface area contributed by atoms with Gasteiger partial charge in [0.15, 0.2) is 0 Å². The molecule has 3 aromatic rings. The second-order valence-corrected chi connectivity index (χ2v) is 10.5. The second-order valence-electron chi connectivity index (χ2n) is 7.56. The summed E-state index contributed by atoms with van der Waals surface area (Å²) in [7, 11) is -1.51. The summed E-state index contributed by atoms with van der Waals surface area (Å²) in [6.45, 7) is 6.30. The molecule has 1 aromatic carbocycles. The SMILES string of the molecule is C=C(N1CCS(=C)(=N)CC1)N(Cc1ccc(-c2nnc(C(F)F)o2)cn1)c1ccccc1. The third kappa shape index (κ3) is 4.96. The Morgan fingerprint density at radius 1 is 1.16 bits per heavy atom. The zero-order chi connectivity index (χ0) is 22.7. The summed E-state index contributed by atoms with van der Waals surface area (Å²) in [6.07, 6.45) is -1.28. The topological polar surface area (TPSA) is 82.1 Å². The predicted molar refractivity (Wildman–Crippen MR) is 123 cm³/mol. The molecule has 0 bridgehead atoms. The van der Waals surface area contributed by atoms with Crippen molar-refractivity contribution in [3.8, 4) is 11.5 Å². The van der Waals surface area contributed by atoms with E-state index in [0.717, 1.165) is 41.8 Å². The third-order valence-electron chi connectivity index (χ3n) is 5.27. The average molecular weight is 459 g/mol. The molecule has 7 nitrogen and oxygen atoms in total. The van der Waals surface area contributed by atoms with Crippen LogP contribution < -0.4 is 4.90 Å². The average Bonchev–Trinajstić information content (AvgIpc) is 3.29. The first-order valence-corrected chi connectivity index (χ1v) is 12.2. The van der Waals surface area contributed by atoms with Crippen LogP contribution in [0.25, 0.3) is 11.5 Å².